The zero-order valence-electron chi connectivity index (χ0n) is 26.2. The van der Waals surface area contributed by atoms with Crippen molar-refractivity contribution in [2.24, 2.45) is 11.7 Å². The Kier molecular flexibility index (Phi) is 10.6. The monoisotopic (exact) mass is 605 g/mol. The smallest absolute Gasteiger partial charge is 0.254 e. The second-order valence-corrected chi connectivity index (χ2v) is 12.0. The molecule has 0 bridgehead atoms. The number of fused-ring (bicyclic) bond motifs is 1. The molecule has 0 radical (unpaired) electrons. The molecule has 8 nitrogen and oxygen atoms in total. The number of hydrogen-bond donors (Lipinski definition) is 2. The second-order valence-electron chi connectivity index (χ2n) is 12.0. The summed E-state index contributed by atoms with van der Waals surface area (Å²) in [5.41, 5.74) is 9.14. The topological polar surface area (TPSA) is 99.0 Å². The van der Waals surface area contributed by atoms with Gasteiger partial charge in [0, 0.05) is 58.3 Å². The number of carbonyl (C=O) groups is 3. The lowest BCUT2D eigenvalue weighted by Gasteiger charge is -2.35. The van der Waals surface area contributed by atoms with E-state index in [1.165, 1.54) is 4.90 Å². The first kappa shape index (κ1) is 31.9. The van der Waals surface area contributed by atoms with E-state index < -0.39 is 12.0 Å². The minimum atomic E-state index is -0.795. The largest absolute Gasteiger partial charge is 0.353 e. The predicted molar refractivity (Wildman–Crippen MR) is 179 cm³/mol. The summed E-state index contributed by atoms with van der Waals surface area (Å²) in [5, 5.41) is 5.27. The van der Waals surface area contributed by atoms with Crippen LogP contribution in [0.5, 0.6) is 0 Å². The highest BCUT2D eigenvalue weighted by Gasteiger charge is 2.31. The Bertz CT molecular complexity index is 1620. The third kappa shape index (κ3) is 8.15. The van der Waals surface area contributed by atoms with Crippen LogP contribution in [0, 0.1) is 5.92 Å². The summed E-state index contributed by atoms with van der Waals surface area (Å²) in [6.45, 7) is 3.47. The third-order valence-corrected chi connectivity index (χ3v) is 8.75. The first-order valence-corrected chi connectivity index (χ1v) is 15.6. The maximum Gasteiger partial charge on any atom is 0.254 e. The summed E-state index contributed by atoms with van der Waals surface area (Å²) in [6.07, 6.45) is 0.841. The second kappa shape index (κ2) is 15.0. The maximum atomic E-state index is 14.1. The standard InChI is InChI=1S/C37H43N5O3/c1-40-17-19-42(20-18-40)37(45)33(21-27-9-4-3-5-10-27)26-39-35(43)34(24-28-15-16-30-12-6-7-13-31(30)22-28)41(2)36(44)32-14-8-11-29(23-32)25-38/h3-16,22-23,33-34H,17-21,24-26,38H2,1-2H3,(H,39,43)/t33-,34-/m1/s1. The van der Waals surface area contributed by atoms with Gasteiger partial charge in [-0.15, -0.1) is 0 Å². The van der Waals surface area contributed by atoms with Gasteiger partial charge in [-0.1, -0.05) is 84.9 Å². The molecule has 4 aromatic rings. The van der Waals surface area contributed by atoms with Crippen LogP contribution in [-0.4, -0.2) is 85.3 Å². The molecule has 0 saturated carbocycles. The zero-order chi connectivity index (χ0) is 31.8. The van der Waals surface area contributed by atoms with E-state index in [1.807, 2.05) is 77.7 Å². The van der Waals surface area contributed by atoms with Crippen molar-refractivity contribution in [3.05, 3.63) is 119 Å². The first-order chi connectivity index (χ1) is 21.8. The Balaban J connectivity index is 1.38. The minimum Gasteiger partial charge on any atom is -0.353 e. The Morgan fingerprint density at radius 3 is 2.20 bits per heavy atom. The Morgan fingerprint density at radius 1 is 0.778 bits per heavy atom. The predicted octanol–water partition coefficient (Wildman–Crippen LogP) is 3.73. The highest BCUT2D eigenvalue weighted by atomic mass is 16.2. The summed E-state index contributed by atoms with van der Waals surface area (Å²) >= 11 is 0. The molecule has 1 heterocycles. The van der Waals surface area contributed by atoms with Crippen molar-refractivity contribution in [3.8, 4) is 0 Å². The molecule has 1 aliphatic heterocycles. The van der Waals surface area contributed by atoms with Crippen molar-refractivity contribution in [2.45, 2.75) is 25.4 Å². The molecule has 1 aliphatic rings. The molecule has 0 aliphatic carbocycles. The van der Waals surface area contributed by atoms with Gasteiger partial charge in [0.1, 0.15) is 6.04 Å². The number of nitrogens with zero attached hydrogens (tertiary/aromatic N) is 3. The summed E-state index contributed by atoms with van der Waals surface area (Å²) < 4.78 is 0. The molecule has 5 rings (SSSR count). The van der Waals surface area contributed by atoms with Crippen LogP contribution in [0.1, 0.15) is 27.0 Å². The van der Waals surface area contributed by atoms with E-state index in [1.54, 1.807) is 25.2 Å². The van der Waals surface area contributed by atoms with Crippen LogP contribution in [-0.2, 0) is 29.0 Å². The molecule has 1 fully saturated rings. The quantitative estimate of drug-likeness (QED) is 0.272. The molecule has 45 heavy (non-hydrogen) atoms. The fraction of sp³-hybridized carbons (Fsp3) is 0.324. The number of benzene rings is 4. The highest BCUT2D eigenvalue weighted by Crippen LogP contribution is 2.20. The Hall–Kier alpha value is -4.53. The summed E-state index contributed by atoms with van der Waals surface area (Å²) in [6, 6.07) is 30.5. The molecule has 3 amide bonds. The van der Waals surface area contributed by atoms with E-state index in [0.29, 0.717) is 38.0 Å². The number of hydrogen-bond acceptors (Lipinski definition) is 5. The van der Waals surface area contributed by atoms with Gasteiger partial charge in [-0.05, 0) is 53.1 Å². The van der Waals surface area contributed by atoms with Crippen molar-refractivity contribution in [2.75, 3.05) is 46.8 Å². The van der Waals surface area contributed by atoms with Crippen molar-refractivity contribution in [3.63, 3.8) is 0 Å². The molecule has 234 valence electrons. The van der Waals surface area contributed by atoms with Gasteiger partial charge in [0.05, 0.1) is 5.92 Å². The van der Waals surface area contributed by atoms with Crippen LogP contribution in [0.15, 0.2) is 97.1 Å². The van der Waals surface area contributed by atoms with Crippen LogP contribution in [0.4, 0.5) is 0 Å². The van der Waals surface area contributed by atoms with Gasteiger partial charge >= 0.3 is 0 Å². The molecule has 3 N–H and O–H groups in total. The Labute approximate surface area is 265 Å². The molecule has 8 heteroatoms. The van der Waals surface area contributed by atoms with Crippen molar-refractivity contribution < 1.29 is 14.4 Å². The third-order valence-electron chi connectivity index (χ3n) is 8.75. The van der Waals surface area contributed by atoms with E-state index in [2.05, 4.69) is 23.3 Å². The van der Waals surface area contributed by atoms with Gasteiger partial charge < -0.3 is 25.8 Å². The number of amides is 3. The first-order valence-electron chi connectivity index (χ1n) is 15.6. The van der Waals surface area contributed by atoms with Crippen LogP contribution in [0.2, 0.25) is 0 Å². The molecule has 1 saturated heterocycles. The zero-order valence-corrected chi connectivity index (χ0v) is 26.2. The lowest BCUT2D eigenvalue weighted by atomic mass is 9.96. The number of nitrogens with two attached hydrogens (primary N) is 1. The molecule has 4 aromatic carbocycles. The van der Waals surface area contributed by atoms with Gasteiger partial charge in [-0.3, -0.25) is 14.4 Å². The van der Waals surface area contributed by atoms with E-state index in [0.717, 1.165) is 40.6 Å². The summed E-state index contributed by atoms with van der Waals surface area (Å²) in [4.78, 5) is 47.2. The van der Waals surface area contributed by atoms with Gasteiger partial charge in [0.25, 0.3) is 5.91 Å². The Morgan fingerprint density at radius 2 is 1.47 bits per heavy atom. The number of carbonyl (C=O) groups excluding carboxylic acids is 3. The normalized spacial score (nSPS) is 15.0. The molecule has 0 unspecified atom stereocenters. The van der Waals surface area contributed by atoms with Crippen LogP contribution < -0.4 is 11.1 Å². The number of nitrogens with one attached hydrogen (secondary N) is 1. The van der Waals surface area contributed by atoms with Gasteiger partial charge in [-0.25, -0.2) is 0 Å². The van der Waals surface area contributed by atoms with Gasteiger partial charge in [0.2, 0.25) is 11.8 Å². The summed E-state index contributed by atoms with van der Waals surface area (Å²) in [5.74, 6) is -0.941. The molecule has 0 spiro atoms. The van der Waals surface area contributed by atoms with Crippen molar-refractivity contribution in [1.29, 1.82) is 0 Å². The van der Waals surface area contributed by atoms with Crippen LogP contribution in [0.3, 0.4) is 0 Å². The van der Waals surface area contributed by atoms with Gasteiger partial charge in [-0.2, -0.15) is 0 Å². The van der Waals surface area contributed by atoms with E-state index in [-0.39, 0.29) is 24.3 Å². The lowest BCUT2D eigenvalue weighted by molar-refractivity contribution is -0.137. The molecule has 2 atom stereocenters. The van der Waals surface area contributed by atoms with Crippen LogP contribution >= 0.6 is 0 Å². The van der Waals surface area contributed by atoms with E-state index >= 15 is 0 Å². The van der Waals surface area contributed by atoms with E-state index in [9.17, 15) is 14.4 Å². The molecule has 0 aromatic heterocycles. The molecular formula is C37H43N5O3. The maximum absolute atomic E-state index is 14.1. The van der Waals surface area contributed by atoms with Crippen molar-refractivity contribution >= 4 is 28.5 Å². The lowest BCUT2D eigenvalue weighted by Crippen LogP contribution is -2.53. The number of likely N-dealkylation sites (N-methyl/N-ethyl adjacent to an activating group) is 2. The average molecular weight is 606 g/mol. The minimum absolute atomic E-state index is 0.0429. The highest BCUT2D eigenvalue weighted by molar-refractivity contribution is 5.98. The fourth-order valence-corrected chi connectivity index (χ4v) is 5.94. The van der Waals surface area contributed by atoms with Crippen LogP contribution in [0.25, 0.3) is 10.8 Å². The fourth-order valence-electron chi connectivity index (χ4n) is 5.94. The molecular weight excluding hydrogens is 562 g/mol. The van der Waals surface area contributed by atoms with Crippen molar-refractivity contribution in [1.82, 2.24) is 20.0 Å². The summed E-state index contributed by atoms with van der Waals surface area (Å²) in [7, 11) is 3.73. The number of piperazine rings is 1. The average Bonchev–Trinajstić information content (AvgIpc) is 3.08. The number of rotatable bonds is 11. The van der Waals surface area contributed by atoms with E-state index in [4.69, 9.17) is 5.73 Å². The SMILES string of the molecule is CN1CCN(C(=O)[C@@H](CNC(=O)[C@@H](Cc2ccc3ccccc3c2)N(C)C(=O)c2cccc(CN)c2)Cc2ccccc2)CC1. The van der Waals surface area contributed by atoms with Gasteiger partial charge in [0.15, 0.2) is 0 Å².